The highest BCUT2D eigenvalue weighted by Crippen LogP contribution is 2.41. The standard InChI is InChI=1S/C18H27FN2O/c1-22-17-5-3-2-4-16(17)18(19)8-12-21(13-9-18)14-15-6-10-20-11-7-15/h2-5,15,20H,6-14H2,1H3. The maximum Gasteiger partial charge on any atom is 0.142 e. The van der Waals surface area contributed by atoms with Gasteiger partial charge in [0.05, 0.1) is 7.11 Å². The fourth-order valence-corrected chi connectivity index (χ4v) is 3.80. The lowest BCUT2D eigenvalue weighted by Crippen LogP contribution is -2.43. The largest absolute Gasteiger partial charge is 0.496 e. The van der Waals surface area contributed by atoms with Crippen LogP contribution >= 0.6 is 0 Å². The second-order valence-electron chi connectivity index (χ2n) is 6.66. The summed E-state index contributed by atoms with van der Waals surface area (Å²) in [6.07, 6.45) is 3.64. The molecule has 0 aliphatic carbocycles. The van der Waals surface area contributed by atoms with Crippen molar-refractivity contribution >= 4 is 0 Å². The number of hydrogen-bond acceptors (Lipinski definition) is 3. The Bertz CT molecular complexity index is 480. The molecule has 2 saturated heterocycles. The predicted molar refractivity (Wildman–Crippen MR) is 87.0 cm³/mol. The number of alkyl halides is 1. The number of ether oxygens (including phenoxy) is 1. The van der Waals surface area contributed by atoms with Gasteiger partial charge in [0.1, 0.15) is 11.4 Å². The Morgan fingerprint density at radius 3 is 2.59 bits per heavy atom. The molecule has 0 amide bonds. The second kappa shape index (κ2) is 6.97. The Kier molecular flexibility index (Phi) is 4.99. The van der Waals surface area contributed by atoms with E-state index in [0.29, 0.717) is 18.6 Å². The molecule has 3 nitrogen and oxygen atoms in total. The normalized spacial score (nSPS) is 23.4. The van der Waals surface area contributed by atoms with E-state index in [1.54, 1.807) is 7.11 Å². The predicted octanol–water partition coefficient (Wildman–Crippen LogP) is 2.96. The minimum absolute atomic E-state index is 0.568. The van der Waals surface area contributed by atoms with Crippen molar-refractivity contribution in [1.82, 2.24) is 10.2 Å². The van der Waals surface area contributed by atoms with Gasteiger partial charge in [-0.3, -0.25) is 0 Å². The molecule has 122 valence electrons. The van der Waals surface area contributed by atoms with Gasteiger partial charge in [-0.25, -0.2) is 4.39 Å². The molecule has 3 rings (SSSR count). The summed E-state index contributed by atoms with van der Waals surface area (Å²) < 4.78 is 20.7. The first-order valence-electron chi connectivity index (χ1n) is 8.47. The molecule has 2 aliphatic heterocycles. The molecular weight excluding hydrogens is 279 g/mol. The molecule has 0 saturated carbocycles. The third-order valence-electron chi connectivity index (χ3n) is 5.21. The van der Waals surface area contributed by atoms with Gasteiger partial charge in [0, 0.05) is 25.2 Å². The van der Waals surface area contributed by atoms with Crippen molar-refractivity contribution in [1.29, 1.82) is 0 Å². The molecule has 0 spiro atoms. The Morgan fingerprint density at radius 1 is 1.23 bits per heavy atom. The second-order valence-corrected chi connectivity index (χ2v) is 6.66. The first-order chi connectivity index (χ1) is 10.7. The van der Waals surface area contributed by atoms with Crippen LogP contribution in [0.3, 0.4) is 0 Å². The van der Waals surface area contributed by atoms with Gasteiger partial charge in [-0.2, -0.15) is 0 Å². The third kappa shape index (κ3) is 3.44. The molecule has 0 bridgehead atoms. The lowest BCUT2D eigenvalue weighted by Gasteiger charge is -2.39. The summed E-state index contributed by atoms with van der Waals surface area (Å²) in [5, 5.41) is 3.41. The molecule has 0 atom stereocenters. The zero-order chi connectivity index (χ0) is 15.4. The van der Waals surface area contributed by atoms with Crippen molar-refractivity contribution in [3.05, 3.63) is 29.8 Å². The van der Waals surface area contributed by atoms with Crippen LogP contribution in [0.4, 0.5) is 4.39 Å². The van der Waals surface area contributed by atoms with E-state index in [1.165, 1.54) is 12.8 Å². The molecule has 2 aliphatic rings. The van der Waals surface area contributed by atoms with Gasteiger partial charge in [-0.1, -0.05) is 18.2 Å². The van der Waals surface area contributed by atoms with Crippen LogP contribution in [0.1, 0.15) is 31.2 Å². The van der Waals surface area contributed by atoms with E-state index in [4.69, 9.17) is 4.74 Å². The van der Waals surface area contributed by atoms with Crippen molar-refractivity contribution in [2.75, 3.05) is 39.8 Å². The third-order valence-corrected chi connectivity index (χ3v) is 5.21. The lowest BCUT2D eigenvalue weighted by molar-refractivity contribution is 0.0446. The molecule has 0 radical (unpaired) electrons. The van der Waals surface area contributed by atoms with Crippen LogP contribution in [0, 0.1) is 5.92 Å². The number of methoxy groups -OCH3 is 1. The highest BCUT2D eigenvalue weighted by Gasteiger charge is 2.38. The Balaban J connectivity index is 1.60. The van der Waals surface area contributed by atoms with E-state index < -0.39 is 5.67 Å². The summed E-state index contributed by atoms with van der Waals surface area (Å²) in [5.74, 6) is 1.46. The monoisotopic (exact) mass is 306 g/mol. The maximum atomic E-state index is 15.4. The van der Waals surface area contributed by atoms with Crippen molar-refractivity contribution < 1.29 is 9.13 Å². The van der Waals surface area contributed by atoms with E-state index in [1.807, 2.05) is 24.3 Å². The Morgan fingerprint density at radius 2 is 1.91 bits per heavy atom. The van der Waals surface area contributed by atoms with E-state index in [9.17, 15) is 0 Å². The topological polar surface area (TPSA) is 24.5 Å². The van der Waals surface area contributed by atoms with Crippen LogP contribution in [0.5, 0.6) is 5.75 Å². The van der Waals surface area contributed by atoms with Crippen molar-refractivity contribution in [3.8, 4) is 5.75 Å². The minimum atomic E-state index is -1.24. The molecule has 1 aromatic rings. The minimum Gasteiger partial charge on any atom is -0.496 e. The Hall–Kier alpha value is -1.13. The van der Waals surface area contributed by atoms with Crippen LogP contribution in [0.25, 0.3) is 0 Å². The van der Waals surface area contributed by atoms with Crippen LogP contribution in [-0.2, 0) is 5.67 Å². The zero-order valence-electron chi connectivity index (χ0n) is 13.5. The number of piperidine rings is 2. The van der Waals surface area contributed by atoms with Crippen molar-refractivity contribution in [3.63, 3.8) is 0 Å². The number of hydrogen-bond donors (Lipinski definition) is 1. The first kappa shape index (κ1) is 15.8. The number of halogens is 1. The molecular formula is C18H27FN2O. The number of nitrogens with zero attached hydrogens (tertiary/aromatic N) is 1. The molecule has 22 heavy (non-hydrogen) atoms. The molecule has 2 heterocycles. The fraction of sp³-hybridized carbons (Fsp3) is 0.667. The summed E-state index contributed by atoms with van der Waals surface area (Å²) in [7, 11) is 1.62. The van der Waals surface area contributed by atoms with Crippen molar-refractivity contribution in [2.45, 2.75) is 31.4 Å². The van der Waals surface area contributed by atoms with Gasteiger partial charge in [0.25, 0.3) is 0 Å². The number of likely N-dealkylation sites (tertiary alicyclic amines) is 1. The number of para-hydroxylation sites is 1. The van der Waals surface area contributed by atoms with Crippen LogP contribution < -0.4 is 10.1 Å². The molecule has 1 N–H and O–H groups in total. The van der Waals surface area contributed by atoms with Crippen LogP contribution in [0.2, 0.25) is 0 Å². The van der Waals surface area contributed by atoms with Gasteiger partial charge >= 0.3 is 0 Å². The number of benzene rings is 1. The lowest BCUT2D eigenvalue weighted by atomic mass is 9.85. The van der Waals surface area contributed by atoms with Gasteiger partial charge in [0.15, 0.2) is 0 Å². The summed E-state index contributed by atoms with van der Waals surface area (Å²) in [5.41, 5.74) is -0.518. The quantitative estimate of drug-likeness (QED) is 0.925. The average Bonchev–Trinajstić information content (AvgIpc) is 2.58. The SMILES string of the molecule is COc1ccccc1C1(F)CCN(CC2CCNCC2)CC1. The smallest absolute Gasteiger partial charge is 0.142 e. The highest BCUT2D eigenvalue weighted by molar-refractivity contribution is 5.38. The van der Waals surface area contributed by atoms with E-state index in [-0.39, 0.29) is 0 Å². The molecule has 0 aromatic heterocycles. The van der Waals surface area contributed by atoms with Crippen LogP contribution in [0.15, 0.2) is 24.3 Å². The van der Waals surface area contributed by atoms with Gasteiger partial charge in [0.2, 0.25) is 0 Å². The van der Waals surface area contributed by atoms with Gasteiger partial charge < -0.3 is 15.0 Å². The fourth-order valence-electron chi connectivity index (χ4n) is 3.80. The van der Waals surface area contributed by atoms with Gasteiger partial charge in [-0.05, 0) is 50.8 Å². The van der Waals surface area contributed by atoms with Crippen LogP contribution in [-0.4, -0.2) is 44.7 Å². The molecule has 2 fully saturated rings. The molecule has 1 aromatic carbocycles. The summed E-state index contributed by atoms with van der Waals surface area (Å²) in [4.78, 5) is 2.45. The van der Waals surface area contributed by atoms with Crippen molar-refractivity contribution in [2.24, 2.45) is 5.92 Å². The summed E-state index contributed by atoms with van der Waals surface area (Å²) in [6.45, 7) is 5.08. The summed E-state index contributed by atoms with van der Waals surface area (Å²) in [6, 6.07) is 7.54. The number of nitrogens with one attached hydrogen (secondary N) is 1. The summed E-state index contributed by atoms with van der Waals surface area (Å²) >= 11 is 0. The van der Waals surface area contributed by atoms with Gasteiger partial charge in [-0.15, -0.1) is 0 Å². The molecule has 0 unspecified atom stereocenters. The van der Waals surface area contributed by atoms with E-state index in [0.717, 1.165) is 44.2 Å². The zero-order valence-corrected chi connectivity index (χ0v) is 13.5. The average molecular weight is 306 g/mol. The first-order valence-corrected chi connectivity index (χ1v) is 8.47. The van der Waals surface area contributed by atoms with E-state index in [2.05, 4.69) is 10.2 Å². The maximum absolute atomic E-state index is 15.4. The van der Waals surface area contributed by atoms with E-state index >= 15 is 4.39 Å². The molecule has 4 heteroatoms. The number of rotatable bonds is 4. The highest BCUT2D eigenvalue weighted by atomic mass is 19.1. The Labute approximate surface area is 132 Å².